The molecule has 0 aromatic carbocycles. The minimum absolute atomic E-state index is 0.285. The van der Waals surface area contributed by atoms with E-state index in [4.69, 9.17) is 0 Å². The Kier molecular flexibility index (Phi) is 3.69. The molecule has 0 aliphatic heterocycles. The lowest BCUT2D eigenvalue weighted by molar-refractivity contribution is -0.115. The largest absolute Gasteiger partial charge is 0.295 e. The smallest absolute Gasteiger partial charge is 0.159 e. The zero-order valence-electron chi connectivity index (χ0n) is 8.34. The number of allylic oxidation sites excluding steroid dienone is 6. The summed E-state index contributed by atoms with van der Waals surface area (Å²) in [7, 11) is 0. The van der Waals surface area contributed by atoms with Crippen LogP contribution >= 0.6 is 0 Å². The molecule has 0 amide bonds. The van der Waals surface area contributed by atoms with E-state index in [-0.39, 0.29) is 5.78 Å². The molecule has 1 nitrogen and oxygen atoms in total. The van der Waals surface area contributed by atoms with Crippen molar-refractivity contribution in [3.63, 3.8) is 0 Å². The molecule has 0 aromatic rings. The third-order valence-electron chi connectivity index (χ3n) is 2.36. The molecule has 1 aliphatic carbocycles. The van der Waals surface area contributed by atoms with Crippen molar-refractivity contribution in [1.82, 2.24) is 0 Å². The Bertz CT molecular complexity index is 279. The summed E-state index contributed by atoms with van der Waals surface area (Å²) < 4.78 is 0. The Morgan fingerprint density at radius 2 is 2.15 bits per heavy atom. The van der Waals surface area contributed by atoms with E-state index in [2.05, 4.69) is 6.92 Å². The van der Waals surface area contributed by atoms with Crippen LogP contribution in [0.5, 0.6) is 0 Å². The zero-order chi connectivity index (χ0) is 9.68. The van der Waals surface area contributed by atoms with E-state index in [1.807, 2.05) is 31.2 Å². The number of carbonyl (C=O) groups excluding carboxylic acids is 1. The first kappa shape index (κ1) is 9.97. The van der Waals surface area contributed by atoms with Crippen molar-refractivity contribution < 1.29 is 4.79 Å². The van der Waals surface area contributed by atoms with E-state index in [0.29, 0.717) is 6.42 Å². The molecule has 0 radical (unpaired) electrons. The maximum atomic E-state index is 11.6. The molecular formula is C12H16O. The Morgan fingerprint density at radius 3 is 2.85 bits per heavy atom. The van der Waals surface area contributed by atoms with Gasteiger partial charge in [0, 0.05) is 6.42 Å². The molecule has 0 atom stereocenters. The van der Waals surface area contributed by atoms with E-state index >= 15 is 0 Å². The Hall–Kier alpha value is -1.11. The van der Waals surface area contributed by atoms with E-state index in [9.17, 15) is 4.79 Å². The van der Waals surface area contributed by atoms with Gasteiger partial charge in [0.15, 0.2) is 5.78 Å². The van der Waals surface area contributed by atoms with Crippen LogP contribution in [0.1, 0.15) is 33.1 Å². The monoisotopic (exact) mass is 176 g/mol. The highest BCUT2D eigenvalue weighted by atomic mass is 16.1. The molecule has 0 N–H and O–H groups in total. The van der Waals surface area contributed by atoms with E-state index in [1.165, 1.54) is 0 Å². The van der Waals surface area contributed by atoms with Gasteiger partial charge in [-0.2, -0.15) is 0 Å². The second-order valence-electron chi connectivity index (χ2n) is 3.25. The third-order valence-corrected chi connectivity index (χ3v) is 2.36. The Morgan fingerprint density at radius 1 is 1.38 bits per heavy atom. The summed E-state index contributed by atoms with van der Waals surface area (Å²) in [6, 6.07) is 0. The van der Waals surface area contributed by atoms with Crippen molar-refractivity contribution in [1.29, 1.82) is 0 Å². The van der Waals surface area contributed by atoms with Gasteiger partial charge in [-0.25, -0.2) is 0 Å². The van der Waals surface area contributed by atoms with Crippen molar-refractivity contribution in [3.05, 3.63) is 35.5 Å². The van der Waals surface area contributed by atoms with Gasteiger partial charge in [-0.05, 0) is 30.9 Å². The van der Waals surface area contributed by atoms with Gasteiger partial charge in [0.1, 0.15) is 0 Å². The minimum atomic E-state index is 0.285. The molecule has 0 fully saturated rings. The van der Waals surface area contributed by atoms with Crippen molar-refractivity contribution >= 4 is 5.78 Å². The topological polar surface area (TPSA) is 17.1 Å². The van der Waals surface area contributed by atoms with Crippen molar-refractivity contribution in [2.24, 2.45) is 0 Å². The molecule has 0 saturated heterocycles. The molecule has 0 unspecified atom stereocenters. The molecule has 0 aromatic heterocycles. The van der Waals surface area contributed by atoms with E-state index in [0.717, 1.165) is 24.0 Å². The summed E-state index contributed by atoms with van der Waals surface area (Å²) in [6.07, 6.45) is 10.5. The van der Waals surface area contributed by atoms with Gasteiger partial charge in [-0.15, -0.1) is 0 Å². The van der Waals surface area contributed by atoms with Crippen LogP contribution < -0.4 is 0 Å². The first-order valence-corrected chi connectivity index (χ1v) is 4.82. The van der Waals surface area contributed by atoms with Crippen LogP contribution in [0.25, 0.3) is 0 Å². The number of hydrogen-bond donors (Lipinski definition) is 0. The van der Waals surface area contributed by atoms with E-state index < -0.39 is 0 Å². The second-order valence-corrected chi connectivity index (χ2v) is 3.25. The maximum absolute atomic E-state index is 11.6. The molecule has 1 aliphatic rings. The fraction of sp³-hybridized carbons (Fsp3) is 0.417. The number of carbonyl (C=O) groups is 1. The number of rotatable bonds is 1. The van der Waals surface area contributed by atoms with Gasteiger partial charge in [0.05, 0.1) is 0 Å². The van der Waals surface area contributed by atoms with Gasteiger partial charge in [-0.3, -0.25) is 4.79 Å². The molecule has 0 saturated carbocycles. The number of hydrogen-bond acceptors (Lipinski definition) is 1. The number of ketones is 1. The fourth-order valence-electron chi connectivity index (χ4n) is 1.44. The molecule has 1 rings (SSSR count). The molecule has 0 heterocycles. The zero-order valence-corrected chi connectivity index (χ0v) is 8.34. The molecule has 1 heteroatoms. The lowest BCUT2D eigenvalue weighted by Crippen LogP contribution is -2.01. The normalized spacial score (nSPS) is 18.5. The number of Topliss-reactive ketones (excluding diaryl/α,β-unsaturated/α-hetero) is 1. The summed E-state index contributed by atoms with van der Waals surface area (Å²) in [5, 5.41) is 0. The first-order valence-electron chi connectivity index (χ1n) is 4.82. The summed E-state index contributed by atoms with van der Waals surface area (Å²) in [5.74, 6) is 0.285. The van der Waals surface area contributed by atoms with Crippen LogP contribution in [-0.4, -0.2) is 5.78 Å². The van der Waals surface area contributed by atoms with Gasteiger partial charge in [0.2, 0.25) is 0 Å². The maximum Gasteiger partial charge on any atom is 0.159 e. The molecule has 13 heavy (non-hydrogen) atoms. The van der Waals surface area contributed by atoms with Crippen LogP contribution in [0.3, 0.4) is 0 Å². The van der Waals surface area contributed by atoms with Crippen LogP contribution in [0.2, 0.25) is 0 Å². The predicted molar refractivity (Wildman–Crippen MR) is 55.5 cm³/mol. The Labute approximate surface area is 79.8 Å². The predicted octanol–water partition coefficient (Wildman–Crippen LogP) is 3.19. The summed E-state index contributed by atoms with van der Waals surface area (Å²) in [6.45, 7) is 4.01. The highest BCUT2D eigenvalue weighted by molar-refractivity contribution is 5.96. The molecular weight excluding hydrogens is 160 g/mol. The minimum Gasteiger partial charge on any atom is -0.295 e. The van der Waals surface area contributed by atoms with Gasteiger partial charge in [-0.1, -0.05) is 31.2 Å². The standard InChI is InChI=1S/C12H16O/c1-3-11-8-6-4-5-7-9-12(13)10(11)2/h4-6,8H,3,7,9H2,1-2H3. The molecule has 0 bridgehead atoms. The highest BCUT2D eigenvalue weighted by Gasteiger charge is 2.07. The van der Waals surface area contributed by atoms with Crippen LogP contribution in [-0.2, 0) is 4.79 Å². The van der Waals surface area contributed by atoms with Gasteiger partial charge in [0.25, 0.3) is 0 Å². The summed E-state index contributed by atoms with van der Waals surface area (Å²) in [4.78, 5) is 11.6. The van der Waals surface area contributed by atoms with Crippen LogP contribution in [0.15, 0.2) is 35.5 Å². The third kappa shape index (κ3) is 2.69. The van der Waals surface area contributed by atoms with Crippen LogP contribution in [0.4, 0.5) is 0 Å². The highest BCUT2D eigenvalue weighted by Crippen LogP contribution is 2.15. The lowest BCUT2D eigenvalue weighted by atomic mass is 10.0. The first-order chi connectivity index (χ1) is 6.25. The average Bonchev–Trinajstić information content (AvgIpc) is 2.21. The lowest BCUT2D eigenvalue weighted by Gasteiger charge is -2.03. The summed E-state index contributed by atoms with van der Waals surface area (Å²) in [5.41, 5.74) is 2.10. The Balaban J connectivity index is 2.98. The van der Waals surface area contributed by atoms with Gasteiger partial charge >= 0.3 is 0 Å². The summed E-state index contributed by atoms with van der Waals surface area (Å²) >= 11 is 0. The van der Waals surface area contributed by atoms with Crippen molar-refractivity contribution in [2.45, 2.75) is 33.1 Å². The van der Waals surface area contributed by atoms with Crippen molar-refractivity contribution in [3.8, 4) is 0 Å². The van der Waals surface area contributed by atoms with Crippen LogP contribution in [0, 0.1) is 0 Å². The molecule has 0 spiro atoms. The van der Waals surface area contributed by atoms with Gasteiger partial charge < -0.3 is 0 Å². The second kappa shape index (κ2) is 4.80. The SMILES string of the molecule is CCC1=C(C)C(=O)CCC=CC=C1. The van der Waals surface area contributed by atoms with E-state index in [1.54, 1.807) is 0 Å². The van der Waals surface area contributed by atoms with Crippen molar-refractivity contribution in [2.75, 3.05) is 0 Å². The average molecular weight is 176 g/mol. The quantitative estimate of drug-likeness (QED) is 0.599. The molecule has 70 valence electrons. The fourth-order valence-corrected chi connectivity index (χ4v) is 1.44.